The van der Waals surface area contributed by atoms with Crippen LogP contribution in [0.3, 0.4) is 0 Å². The smallest absolute Gasteiger partial charge is 0.129 e. The van der Waals surface area contributed by atoms with Crippen molar-refractivity contribution in [2.45, 2.75) is 6.17 Å². The van der Waals surface area contributed by atoms with Gasteiger partial charge in [0.25, 0.3) is 0 Å². The van der Waals surface area contributed by atoms with Gasteiger partial charge in [0.1, 0.15) is 6.17 Å². The van der Waals surface area contributed by atoms with Crippen LogP contribution in [0.1, 0.15) is 0 Å². The molecule has 1 aliphatic rings. The van der Waals surface area contributed by atoms with Gasteiger partial charge < -0.3 is 4.74 Å². The third-order valence-corrected chi connectivity index (χ3v) is 0.747. The number of hydrogen-bond donors (Lipinski definition) is 0. The average Bonchev–Trinajstić information content (AvgIpc) is 1.86. The predicted molar refractivity (Wildman–Crippen MR) is 20.0 cm³/mol. The van der Waals surface area contributed by atoms with Crippen molar-refractivity contribution in [1.82, 2.24) is 0 Å². The van der Waals surface area contributed by atoms with Crippen molar-refractivity contribution < 1.29 is 9.13 Å². The van der Waals surface area contributed by atoms with E-state index in [0.717, 1.165) is 0 Å². The number of rotatable bonds is 0. The molecule has 0 aromatic heterocycles. The van der Waals surface area contributed by atoms with E-state index in [9.17, 15) is 4.39 Å². The van der Waals surface area contributed by atoms with Crippen molar-refractivity contribution in [3.63, 3.8) is 0 Å². The average molecular weight is 89.1 g/mol. The summed E-state index contributed by atoms with van der Waals surface area (Å²) in [5.74, 6) is 0. The summed E-state index contributed by atoms with van der Waals surface area (Å²) >= 11 is 0. The zero-order valence-electron chi connectivity index (χ0n) is 3.36. The van der Waals surface area contributed by atoms with Crippen LogP contribution in [0.2, 0.25) is 0 Å². The molecular formula is C4H6FO. The molecule has 35 valence electrons. The topological polar surface area (TPSA) is 9.23 Å². The van der Waals surface area contributed by atoms with Crippen LogP contribution in [-0.2, 0) is 4.74 Å². The van der Waals surface area contributed by atoms with Gasteiger partial charge in [0.15, 0.2) is 0 Å². The Morgan fingerprint density at radius 1 is 1.83 bits per heavy atom. The maximum Gasteiger partial charge on any atom is 0.129 e. The SMILES string of the molecule is F[C@@H]1[CH]COC1. The van der Waals surface area contributed by atoms with Crippen molar-refractivity contribution in [3.05, 3.63) is 6.42 Å². The summed E-state index contributed by atoms with van der Waals surface area (Å²) in [6.45, 7) is 0.751. The van der Waals surface area contributed by atoms with Crippen LogP contribution in [0.5, 0.6) is 0 Å². The summed E-state index contributed by atoms with van der Waals surface area (Å²) in [6, 6.07) is 0. The van der Waals surface area contributed by atoms with Crippen LogP contribution in [-0.4, -0.2) is 19.4 Å². The molecule has 1 nitrogen and oxygen atoms in total. The minimum absolute atomic E-state index is 0.264. The standard InChI is InChI=1S/C4H6FO/c5-4-1-2-6-3-4/h1,4H,2-3H2/t4-/m1/s1. The molecule has 0 aromatic carbocycles. The fourth-order valence-corrected chi connectivity index (χ4v) is 0.421. The van der Waals surface area contributed by atoms with Crippen molar-refractivity contribution >= 4 is 0 Å². The molecule has 0 aromatic rings. The fraction of sp³-hybridized carbons (Fsp3) is 0.750. The van der Waals surface area contributed by atoms with Crippen LogP contribution in [0.4, 0.5) is 4.39 Å². The molecule has 1 heterocycles. The highest BCUT2D eigenvalue weighted by Crippen LogP contribution is 2.04. The minimum atomic E-state index is -0.801. The van der Waals surface area contributed by atoms with Crippen LogP contribution in [0.15, 0.2) is 0 Å². The minimum Gasteiger partial charge on any atom is -0.378 e. The second kappa shape index (κ2) is 1.56. The van der Waals surface area contributed by atoms with E-state index in [-0.39, 0.29) is 6.61 Å². The summed E-state index contributed by atoms with van der Waals surface area (Å²) in [7, 11) is 0. The molecule has 0 amide bonds. The van der Waals surface area contributed by atoms with Crippen molar-refractivity contribution in [1.29, 1.82) is 0 Å². The second-order valence-electron chi connectivity index (χ2n) is 1.29. The van der Waals surface area contributed by atoms with Crippen LogP contribution >= 0.6 is 0 Å². The van der Waals surface area contributed by atoms with Gasteiger partial charge in [0.05, 0.1) is 13.2 Å². The molecule has 0 N–H and O–H groups in total. The van der Waals surface area contributed by atoms with Gasteiger partial charge in [-0.1, -0.05) is 0 Å². The zero-order chi connectivity index (χ0) is 4.41. The van der Waals surface area contributed by atoms with Gasteiger partial charge in [-0.2, -0.15) is 0 Å². The van der Waals surface area contributed by atoms with Crippen LogP contribution in [0.25, 0.3) is 0 Å². The van der Waals surface area contributed by atoms with Crippen molar-refractivity contribution in [2.24, 2.45) is 0 Å². The van der Waals surface area contributed by atoms with E-state index in [0.29, 0.717) is 6.61 Å². The molecule has 1 rings (SSSR count). The highest BCUT2D eigenvalue weighted by molar-refractivity contribution is 4.80. The Hall–Kier alpha value is -0.110. The molecule has 1 atom stereocenters. The molecule has 0 spiro atoms. The van der Waals surface area contributed by atoms with E-state index >= 15 is 0 Å². The van der Waals surface area contributed by atoms with Gasteiger partial charge in [0.2, 0.25) is 0 Å². The molecule has 1 radical (unpaired) electrons. The van der Waals surface area contributed by atoms with Crippen molar-refractivity contribution in [3.8, 4) is 0 Å². The molecule has 0 unspecified atom stereocenters. The summed E-state index contributed by atoms with van der Waals surface area (Å²) < 4.78 is 16.4. The summed E-state index contributed by atoms with van der Waals surface area (Å²) in [6.07, 6.45) is 0.713. The Labute approximate surface area is 36.1 Å². The summed E-state index contributed by atoms with van der Waals surface area (Å²) in [5.41, 5.74) is 0. The quantitative estimate of drug-likeness (QED) is 0.421. The van der Waals surface area contributed by atoms with E-state index in [1.165, 1.54) is 6.42 Å². The van der Waals surface area contributed by atoms with Crippen LogP contribution in [0, 0.1) is 6.42 Å². The zero-order valence-corrected chi connectivity index (χ0v) is 3.36. The lowest BCUT2D eigenvalue weighted by Gasteiger charge is -1.84. The van der Waals surface area contributed by atoms with Gasteiger partial charge in [-0.05, 0) is 0 Å². The fourth-order valence-electron chi connectivity index (χ4n) is 0.421. The highest BCUT2D eigenvalue weighted by Gasteiger charge is 2.12. The Morgan fingerprint density at radius 2 is 2.67 bits per heavy atom. The van der Waals surface area contributed by atoms with Gasteiger partial charge in [-0.15, -0.1) is 0 Å². The lowest BCUT2D eigenvalue weighted by Crippen LogP contribution is -1.95. The normalized spacial score (nSPS) is 34.5. The van der Waals surface area contributed by atoms with Crippen LogP contribution < -0.4 is 0 Å². The molecule has 1 saturated heterocycles. The monoisotopic (exact) mass is 89.0 g/mol. The summed E-state index contributed by atoms with van der Waals surface area (Å²) in [5, 5.41) is 0. The summed E-state index contributed by atoms with van der Waals surface area (Å²) in [4.78, 5) is 0. The lowest BCUT2D eigenvalue weighted by atomic mass is 10.4. The van der Waals surface area contributed by atoms with E-state index in [1.807, 2.05) is 0 Å². The maximum absolute atomic E-state index is 11.7. The third kappa shape index (κ3) is 0.684. The maximum atomic E-state index is 11.7. The Kier molecular flexibility index (Phi) is 1.05. The molecular weight excluding hydrogens is 83.0 g/mol. The van der Waals surface area contributed by atoms with E-state index in [4.69, 9.17) is 0 Å². The molecule has 0 bridgehead atoms. The number of halogens is 1. The molecule has 1 aliphatic heterocycles. The van der Waals surface area contributed by atoms with Gasteiger partial charge in [-0.25, -0.2) is 4.39 Å². The van der Waals surface area contributed by atoms with E-state index in [1.54, 1.807) is 0 Å². The highest BCUT2D eigenvalue weighted by atomic mass is 19.1. The molecule has 0 saturated carbocycles. The number of ether oxygens (including phenoxy) is 1. The predicted octanol–water partition coefficient (Wildman–Crippen LogP) is 0.559. The first-order valence-electron chi connectivity index (χ1n) is 1.95. The Bertz CT molecular complexity index is 40.8. The largest absolute Gasteiger partial charge is 0.378 e. The van der Waals surface area contributed by atoms with Gasteiger partial charge in [-0.3, -0.25) is 0 Å². The molecule has 1 fully saturated rings. The second-order valence-corrected chi connectivity index (χ2v) is 1.29. The number of alkyl halides is 1. The number of hydrogen-bond acceptors (Lipinski definition) is 1. The molecule has 2 heteroatoms. The first-order chi connectivity index (χ1) is 2.89. The molecule has 6 heavy (non-hydrogen) atoms. The van der Waals surface area contributed by atoms with E-state index in [2.05, 4.69) is 4.74 Å². The first kappa shape index (κ1) is 4.06. The van der Waals surface area contributed by atoms with Gasteiger partial charge in [0, 0.05) is 6.42 Å². The first-order valence-corrected chi connectivity index (χ1v) is 1.95. The lowest BCUT2D eigenvalue weighted by molar-refractivity contribution is 0.173. The van der Waals surface area contributed by atoms with Crippen molar-refractivity contribution in [2.75, 3.05) is 13.2 Å². The van der Waals surface area contributed by atoms with E-state index < -0.39 is 6.17 Å². The molecule has 0 aliphatic carbocycles. The third-order valence-electron chi connectivity index (χ3n) is 0.747. The Balaban J connectivity index is 2.18. The Morgan fingerprint density at radius 3 is 2.83 bits per heavy atom. The van der Waals surface area contributed by atoms with Gasteiger partial charge >= 0.3 is 0 Å².